The Bertz CT molecular complexity index is 849. The SMILES string of the molecule is CN1C(=O)[C@@H]2[C@H](C(F)(F)F)NC(c3ccccn3)(c3ccccn3)[C@@H]2C1=O. The Balaban J connectivity index is 2.01. The van der Waals surface area contributed by atoms with Crippen LogP contribution in [0.25, 0.3) is 0 Å². The number of alkyl halides is 3. The highest BCUT2D eigenvalue weighted by molar-refractivity contribution is 6.07. The van der Waals surface area contributed by atoms with Crippen LogP contribution < -0.4 is 5.32 Å². The lowest BCUT2D eigenvalue weighted by molar-refractivity contribution is -0.168. The highest BCUT2D eigenvalue weighted by Crippen LogP contribution is 2.53. The number of hydrogen-bond donors (Lipinski definition) is 1. The molecule has 0 bridgehead atoms. The van der Waals surface area contributed by atoms with E-state index in [1.165, 1.54) is 31.6 Å². The van der Waals surface area contributed by atoms with E-state index in [9.17, 15) is 22.8 Å². The maximum absolute atomic E-state index is 13.8. The number of nitrogens with zero attached hydrogens (tertiary/aromatic N) is 3. The lowest BCUT2D eigenvalue weighted by Gasteiger charge is -2.34. The summed E-state index contributed by atoms with van der Waals surface area (Å²) in [5, 5.41) is 2.54. The number of imide groups is 1. The summed E-state index contributed by atoms with van der Waals surface area (Å²) in [7, 11) is 1.21. The number of fused-ring (bicyclic) bond motifs is 1. The molecule has 2 aromatic heterocycles. The van der Waals surface area contributed by atoms with Crippen molar-refractivity contribution in [2.75, 3.05) is 7.05 Å². The molecule has 140 valence electrons. The number of hydrogen-bond acceptors (Lipinski definition) is 5. The van der Waals surface area contributed by atoms with Crippen molar-refractivity contribution in [3.63, 3.8) is 0 Å². The Morgan fingerprint density at radius 2 is 1.56 bits per heavy atom. The molecule has 2 aliphatic rings. The van der Waals surface area contributed by atoms with Gasteiger partial charge < -0.3 is 0 Å². The zero-order valence-corrected chi connectivity index (χ0v) is 14.1. The predicted molar refractivity (Wildman–Crippen MR) is 87.0 cm³/mol. The smallest absolute Gasteiger partial charge is 0.289 e. The number of likely N-dealkylation sites (tertiary alicyclic amines) is 1. The standard InChI is InChI=1S/C18H15F3N4O2/c1-25-15(26)12-13(16(25)27)17(10-6-2-4-8-22-10,11-7-3-5-9-23-11)24-14(12)18(19,20)21/h2-9,12-14,24H,1H3/t12-,13-,14+/m0/s1. The van der Waals surface area contributed by atoms with Gasteiger partial charge in [-0.25, -0.2) is 0 Å². The predicted octanol–water partition coefficient (Wildman–Crippen LogP) is 1.49. The molecule has 6 nitrogen and oxygen atoms in total. The third-order valence-corrected chi connectivity index (χ3v) is 5.27. The molecule has 2 saturated heterocycles. The van der Waals surface area contributed by atoms with Gasteiger partial charge in [-0.2, -0.15) is 13.2 Å². The molecule has 27 heavy (non-hydrogen) atoms. The first kappa shape index (κ1) is 17.6. The van der Waals surface area contributed by atoms with E-state index in [0.717, 1.165) is 4.90 Å². The molecule has 2 fully saturated rings. The van der Waals surface area contributed by atoms with Crippen LogP contribution in [0.2, 0.25) is 0 Å². The fraction of sp³-hybridized carbons (Fsp3) is 0.333. The second-order valence-corrected chi connectivity index (χ2v) is 6.64. The highest BCUT2D eigenvalue weighted by atomic mass is 19.4. The van der Waals surface area contributed by atoms with Gasteiger partial charge in [0.15, 0.2) is 0 Å². The summed E-state index contributed by atoms with van der Waals surface area (Å²) in [6.07, 6.45) is -1.86. The van der Waals surface area contributed by atoms with Crippen molar-refractivity contribution < 1.29 is 22.8 Å². The Morgan fingerprint density at radius 1 is 1.00 bits per heavy atom. The van der Waals surface area contributed by atoms with E-state index in [1.807, 2.05) is 0 Å². The molecule has 0 aliphatic carbocycles. The molecule has 0 spiro atoms. The highest BCUT2D eigenvalue weighted by Gasteiger charge is 2.71. The molecule has 2 aliphatic heterocycles. The molecule has 4 heterocycles. The third kappa shape index (κ3) is 2.38. The van der Waals surface area contributed by atoms with Gasteiger partial charge in [0.25, 0.3) is 0 Å². The summed E-state index contributed by atoms with van der Waals surface area (Å²) < 4.78 is 41.4. The summed E-state index contributed by atoms with van der Waals surface area (Å²) in [4.78, 5) is 34.6. The van der Waals surface area contributed by atoms with Crippen LogP contribution in [0.3, 0.4) is 0 Å². The monoisotopic (exact) mass is 376 g/mol. The third-order valence-electron chi connectivity index (χ3n) is 5.27. The van der Waals surface area contributed by atoms with Crippen LogP contribution in [-0.2, 0) is 15.1 Å². The van der Waals surface area contributed by atoms with Gasteiger partial charge in [-0.05, 0) is 24.3 Å². The molecule has 0 unspecified atom stereocenters. The van der Waals surface area contributed by atoms with Gasteiger partial charge >= 0.3 is 6.18 Å². The van der Waals surface area contributed by atoms with Crippen LogP contribution in [0.4, 0.5) is 13.2 Å². The van der Waals surface area contributed by atoms with Crippen LogP contribution in [-0.4, -0.2) is 45.9 Å². The minimum atomic E-state index is -4.73. The zero-order chi connectivity index (χ0) is 19.4. The van der Waals surface area contributed by atoms with E-state index >= 15 is 0 Å². The van der Waals surface area contributed by atoms with Crippen molar-refractivity contribution in [2.45, 2.75) is 17.8 Å². The van der Waals surface area contributed by atoms with Gasteiger partial charge in [0.1, 0.15) is 11.6 Å². The second-order valence-electron chi connectivity index (χ2n) is 6.64. The molecule has 2 amide bonds. The van der Waals surface area contributed by atoms with E-state index in [4.69, 9.17) is 0 Å². The molecule has 3 atom stereocenters. The molecule has 0 aromatic carbocycles. The van der Waals surface area contributed by atoms with Crippen molar-refractivity contribution in [3.05, 3.63) is 60.2 Å². The molecule has 4 rings (SSSR count). The van der Waals surface area contributed by atoms with Crippen LogP contribution in [0.15, 0.2) is 48.8 Å². The summed E-state index contributed by atoms with van der Waals surface area (Å²) in [6.45, 7) is 0. The van der Waals surface area contributed by atoms with Gasteiger partial charge in [0.2, 0.25) is 11.8 Å². The van der Waals surface area contributed by atoms with Crippen molar-refractivity contribution in [1.29, 1.82) is 0 Å². The normalized spacial score (nSPS) is 27.1. The molecule has 0 radical (unpaired) electrons. The van der Waals surface area contributed by atoms with Crippen LogP contribution in [0.1, 0.15) is 11.4 Å². The lowest BCUT2D eigenvalue weighted by Crippen LogP contribution is -2.53. The first-order chi connectivity index (χ1) is 12.8. The Hall–Kier alpha value is -2.81. The lowest BCUT2D eigenvalue weighted by atomic mass is 9.75. The molecule has 0 saturated carbocycles. The fourth-order valence-corrected chi connectivity index (χ4v) is 4.13. The average molecular weight is 376 g/mol. The number of carbonyl (C=O) groups is 2. The summed E-state index contributed by atoms with van der Waals surface area (Å²) in [5.41, 5.74) is -1.24. The van der Waals surface area contributed by atoms with Gasteiger partial charge in [0.05, 0.1) is 23.2 Å². The van der Waals surface area contributed by atoms with Crippen LogP contribution in [0, 0.1) is 11.8 Å². The summed E-state index contributed by atoms with van der Waals surface area (Å²) in [5.74, 6) is -4.41. The number of amides is 2. The first-order valence-corrected chi connectivity index (χ1v) is 8.27. The van der Waals surface area contributed by atoms with Gasteiger partial charge in [-0.15, -0.1) is 0 Å². The Morgan fingerprint density at radius 3 is 2.00 bits per heavy atom. The van der Waals surface area contributed by atoms with E-state index in [0.29, 0.717) is 0 Å². The maximum atomic E-state index is 13.8. The maximum Gasteiger partial charge on any atom is 0.404 e. The number of halogens is 3. The van der Waals surface area contributed by atoms with Crippen molar-refractivity contribution in [2.24, 2.45) is 11.8 Å². The molecular weight excluding hydrogens is 361 g/mol. The number of carbonyl (C=O) groups excluding carboxylic acids is 2. The molecule has 2 aromatic rings. The largest absolute Gasteiger partial charge is 0.404 e. The number of rotatable bonds is 2. The molecule has 9 heteroatoms. The first-order valence-electron chi connectivity index (χ1n) is 8.27. The summed E-state index contributed by atoms with van der Waals surface area (Å²) >= 11 is 0. The quantitative estimate of drug-likeness (QED) is 0.804. The average Bonchev–Trinajstić information content (AvgIpc) is 3.14. The molecule has 1 N–H and O–H groups in total. The fourth-order valence-electron chi connectivity index (χ4n) is 4.13. The van der Waals surface area contributed by atoms with Crippen LogP contribution >= 0.6 is 0 Å². The van der Waals surface area contributed by atoms with E-state index in [2.05, 4.69) is 15.3 Å². The Kier molecular flexibility index (Phi) is 3.81. The second kappa shape index (κ2) is 5.85. The van der Waals surface area contributed by atoms with E-state index < -0.39 is 41.4 Å². The number of pyridine rings is 2. The van der Waals surface area contributed by atoms with Crippen LogP contribution in [0.5, 0.6) is 0 Å². The minimum Gasteiger partial charge on any atom is -0.289 e. The number of nitrogens with one attached hydrogen (secondary N) is 1. The van der Waals surface area contributed by atoms with Crippen molar-refractivity contribution >= 4 is 11.8 Å². The topological polar surface area (TPSA) is 75.2 Å². The molecular formula is C18H15F3N4O2. The summed E-state index contributed by atoms with van der Waals surface area (Å²) in [6, 6.07) is 7.37. The van der Waals surface area contributed by atoms with Gasteiger partial charge in [0, 0.05) is 19.4 Å². The van der Waals surface area contributed by atoms with Gasteiger partial charge in [-0.3, -0.25) is 29.8 Å². The van der Waals surface area contributed by atoms with E-state index in [-0.39, 0.29) is 11.4 Å². The zero-order valence-electron chi connectivity index (χ0n) is 14.1. The Labute approximate surface area is 152 Å². The van der Waals surface area contributed by atoms with Crippen molar-refractivity contribution in [1.82, 2.24) is 20.2 Å². The van der Waals surface area contributed by atoms with E-state index in [1.54, 1.807) is 24.3 Å². The van der Waals surface area contributed by atoms with Crippen molar-refractivity contribution in [3.8, 4) is 0 Å². The number of aromatic nitrogens is 2. The van der Waals surface area contributed by atoms with Gasteiger partial charge in [-0.1, -0.05) is 12.1 Å². The minimum absolute atomic E-state index is 0.210.